The summed E-state index contributed by atoms with van der Waals surface area (Å²) in [6, 6.07) is 0. The molecule has 0 rings (SSSR count). The molecule has 3 heteroatoms. The molecule has 0 bridgehead atoms. The van der Waals surface area contributed by atoms with Crippen molar-refractivity contribution in [1.29, 1.82) is 0 Å². The van der Waals surface area contributed by atoms with Crippen LogP contribution in [0.25, 0.3) is 0 Å². The zero-order chi connectivity index (χ0) is 4.50. The SMILES string of the molecule is [2H]C([O])(F)F. The molecule has 0 aromatic rings. The lowest BCUT2D eigenvalue weighted by Crippen LogP contribution is -1.74. The third kappa shape index (κ3) is 37.8. The Hall–Kier alpha value is -0.180. The van der Waals surface area contributed by atoms with Crippen molar-refractivity contribution in [3.05, 3.63) is 0 Å². The van der Waals surface area contributed by atoms with Gasteiger partial charge in [-0.2, -0.15) is 13.9 Å². The van der Waals surface area contributed by atoms with Crippen molar-refractivity contribution < 1.29 is 15.3 Å². The maximum Gasteiger partial charge on any atom is 0.371 e. The van der Waals surface area contributed by atoms with Gasteiger partial charge in [-0.25, -0.2) is 0 Å². The Kier molecular flexibility index (Phi) is 0.611. The molecule has 0 unspecified atom stereocenters. The van der Waals surface area contributed by atoms with Crippen molar-refractivity contribution in [2.45, 2.75) is 6.59 Å². The highest BCUT2D eigenvalue weighted by atomic mass is 19.3. The Balaban J connectivity index is 3.02. The molecule has 25 valence electrons. The third-order valence-corrected chi connectivity index (χ3v) is 0. The zero-order valence-corrected chi connectivity index (χ0v) is 1.66. The number of hydrogen-bond acceptors (Lipinski definition) is 0. The van der Waals surface area contributed by atoms with Gasteiger partial charge < -0.3 is 0 Å². The summed E-state index contributed by atoms with van der Waals surface area (Å²) in [4.78, 5) is 0. The maximum absolute atomic E-state index is 10.1. The molecule has 0 heterocycles. The van der Waals surface area contributed by atoms with E-state index in [9.17, 15) is 8.78 Å². The predicted molar refractivity (Wildman–Crippen MR) is 6.69 cm³/mol. The highest BCUT2D eigenvalue weighted by Gasteiger charge is 1.85. The van der Waals surface area contributed by atoms with Crippen LogP contribution in [-0.4, -0.2) is 6.59 Å². The molecule has 0 aliphatic heterocycles. The lowest BCUT2D eigenvalue weighted by Gasteiger charge is -1.65. The van der Waals surface area contributed by atoms with Crippen LogP contribution in [0.2, 0.25) is 0 Å². The predicted octanol–water partition coefficient (Wildman–Crippen LogP) is 0.639. The second-order valence-electron chi connectivity index (χ2n) is 0.226. The highest BCUT2D eigenvalue weighted by molar-refractivity contribution is 3.80. The number of halogens is 2. The normalized spacial score (nSPS) is 15.2. The van der Waals surface area contributed by atoms with Crippen LogP contribution >= 0.6 is 0 Å². The molecule has 1 nitrogen and oxygen atoms in total. The van der Waals surface area contributed by atoms with Crippen molar-refractivity contribution in [2.24, 2.45) is 0 Å². The first-order chi connectivity index (χ1) is 2.00. The molecule has 0 atom stereocenters. The highest BCUT2D eigenvalue weighted by Crippen LogP contribution is 1.79. The molecule has 1 radical (unpaired) electrons. The quantitative estimate of drug-likeness (QED) is 0.397. The van der Waals surface area contributed by atoms with Crippen LogP contribution in [0.5, 0.6) is 0 Å². The maximum atomic E-state index is 10.1. The van der Waals surface area contributed by atoms with E-state index in [4.69, 9.17) is 6.48 Å². The van der Waals surface area contributed by atoms with Crippen LogP contribution in [0, 0.1) is 0 Å². The first-order valence-corrected chi connectivity index (χ1v) is 0.582. The lowest BCUT2D eigenvalue weighted by molar-refractivity contribution is -0.123. The summed E-state index contributed by atoms with van der Waals surface area (Å²) in [5.41, 5.74) is 0. The molecule has 4 heavy (non-hydrogen) atoms. The number of rotatable bonds is 0. The van der Waals surface area contributed by atoms with Crippen molar-refractivity contribution >= 4 is 0 Å². The summed E-state index contributed by atoms with van der Waals surface area (Å²) in [5, 5.41) is 8.44. The fourth-order valence-corrected chi connectivity index (χ4v) is 0. The minimum Gasteiger partial charge on any atom is -0.176 e. The molecular formula is CHF2O. The van der Waals surface area contributed by atoms with Gasteiger partial charge in [0.15, 0.2) is 0 Å². The zero-order valence-electron chi connectivity index (χ0n) is 2.66. The van der Waals surface area contributed by atoms with Gasteiger partial charge in [0.2, 0.25) is 0 Å². The topological polar surface area (TPSA) is 19.9 Å². The number of alkyl halides is 2. The van der Waals surface area contributed by atoms with E-state index in [0.717, 1.165) is 0 Å². The van der Waals surface area contributed by atoms with Gasteiger partial charge in [-0.3, -0.25) is 0 Å². The van der Waals surface area contributed by atoms with Crippen molar-refractivity contribution in [3.63, 3.8) is 0 Å². The Morgan fingerprint density at radius 3 is 2.00 bits per heavy atom. The average molecular weight is 68.0 g/mol. The number of hydrogen-bond donors (Lipinski definition) is 0. The molecule has 0 aromatic carbocycles. The van der Waals surface area contributed by atoms with Crippen LogP contribution in [0.3, 0.4) is 0 Å². The lowest BCUT2D eigenvalue weighted by atomic mass is 11.5. The smallest absolute Gasteiger partial charge is 0.176 e. The molecule has 0 aromatic heterocycles. The minimum atomic E-state index is -4.50. The van der Waals surface area contributed by atoms with Crippen LogP contribution in [0.15, 0.2) is 0 Å². The van der Waals surface area contributed by atoms with Crippen LogP contribution in [0.4, 0.5) is 8.78 Å². The van der Waals surface area contributed by atoms with Crippen molar-refractivity contribution in [2.75, 3.05) is 0 Å². The Labute approximate surface area is 23.3 Å². The average Bonchev–Trinajstić information content (AvgIpc) is 0.722. The van der Waals surface area contributed by atoms with Gasteiger partial charge in [-0.05, 0) is 0 Å². The summed E-state index contributed by atoms with van der Waals surface area (Å²) in [5.74, 6) is 0. The molecule has 0 aliphatic carbocycles. The van der Waals surface area contributed by atoms with Gasteiger partial charge >= 0.3 is 6.59 Å². The van der Waals surface area contributed by atoms with E-state index in [1.54, 1.807) is 0 Å². The van der Waals surface area contributed by atoms with E-state index in [1.807, 2.05) is 0 Å². The summed E-state index contributed by atoms with van der Waals surface area (Å²) in [6.07, 6.45) is 0. The van der Waals surface area contributed by atoms with E-state index < -0.39 is 6.59 Å². The molecule has 0 spiro atoms. The van der Waals surface area contributed by atoms with Crippen LogP contribution in [-0.2, 0) is 5.11 Å². The van der Waals surface area contributed by atoms with E-state index in [0.29, 0.717) is 0 Å². The summed E-state index contributed by atoms with van der Waals surface area (Å²) in [6.45, 7) is -4.50. The minimum absolute atomic E-state index is 4.50. The monoisotopic (exact) mass is 68.0 g/mol. The Morgan fingerprint density at radius 1 is 2.00 bits per heavy atom. The summed E-state index contributed by atoms with van der Waals surface area (Å²) in [7, 11) is 0. The van der Waals surface area contributed by atoms with E-state index in [1.165, 1.54) is 0 Å². The van der Waals surface area contributed by atoms with Crippen LogP contribution in [0.1, 0.15) is 1.37 Å². The van der Waals surface area contributed by atoms with Gasteiger partial charge in [0, 0.05) is 0 Å². The van der Waals surface area contributed by atoms with E-state index in [-0.39, 0.29) is 0 Å². The second-order valence-corrected chi connectivity index (χ2v) is 0.226. The van der Waals surface area contributed by atoms with Crippen molar-refractivity contribution in [1.82, 2.24) is 0 Å². The fraction of sp³-hybridized carbons (Fsp3) is 1.00. The molecule has 0 N–H and O–H groups in total. The standard InChI is InChI=1S/CHF2O/c2-1(3)4/h1H/i1D. The van der Waals surface area contributed by atoms with E-state index >= 15 is 0 Å². The molecule has 0 fully saturated rings. The second kappa shape index (κ2) is 1.17. The van der Waals surface area contributed by atoms with Crippen molar-refractivity contribution in [3.8, 4) is 0 Å². The van der Waals surface area contributed by atoms with Crippen LogP contribution < -0.4 is 0 Å². The summed E-state index contributed by atoms with van der Waals surface area (Å²) >= 11 is 0. The van der Waals surface area contributed by atoms with Gasteiger partial charge in [0.05, 0.1) is 0 Å². The van der Waals surface area contributed by atoms with Gasteiger partial charge in [-0.15, -0.1) is 0 Å². The van der Waals surface area contributed by atoms with E-state index in [2.05, 4.69) is 0 Å². The molecule has 0 amide bonds. The molecule has 0 saturated heterocycles. The first kappa shape index (κ1) is 2.08. The van der Waals surface area contributed by atoms with Gasteiger partial charge in [-0.1, -0.05) is 0 Å². The Morgan fingerprint density at radius 2 is 2.00 bits per heavy atom. The molecular weight excluding hydrogens is 66.0 g/mol. The largest absolute Gasteiger partial charge is 0.371 e. The summed E-state index contributed by atoms with van der Waals surface area (Å²) < 4.78 is 25.3. The fourth-order valence-electron chi connectivity index (χ4n) is 0. The third-order valence-electron chi connectivity index (χ3n) is 0. The first-order valence-electron chi connectivity index (χ1n) is 1.08. The molecule has 0 aliphatic rings. The molecule has 0 saturated carbocycles. The van der Waals surface area contributed by atoms with Gasteiger partial charge in [0.25, 0.3) is 0 Å². The van der Waals surface area contributed by atoms with Gasteiger partial charge in [0.1, 0.15) is 1.37 Å². The Bertz CT molecular complexity index is 25.1.